The molecular formula is C14H16F2N2O. The predicted molar refractivity (Wildman–Crippen MR) is 68.3 cm³/mol. The molecule has 19 heavy (non-hydrogen) atoms. The number of hydrogen-bond acceptors (Lipinski definition) is 3. The summed E-state index contributed by atoms with van der Waals surface area (Å²) in [6, 6.07) is 5.23. The van der Waals surface area contributed by atoms with E-state index in [0.717, 1.165) is 11.3 Å². The summed E-state index contributed by atoms with van der Waals surface area (Å²) in [4.78, 5) is 0. The van der Waals surface area contributed by atoms with Crippen molar-refractivity contribution in [1.82, 2.24) is 5.43 Å². The molecule has 0 aliphatic carbocycles. The van der Waals surface area contributed by atoms with Gasteiger partial charge >= 0.3 is 0 Å². The minimum atomic E-state index is -0.571. The smallest absolute Gasteiger partial charge is 0.129 e. The molecule has 2 aromatic rings. The molecular weight excluding hydrogens is 250 g/mol. The van der Waals surface area contributed by atoms with Crippen LogP contribution in [-0.2, 0) is 6.42 Å². The lowest BCUT2D eigenvalue weighted by Gasteiger charge is -2.16. The van der Waals surface area contributed by atoms with Crippen LogP contribution in [0.1, 0.15) is 28.7 Å². The van der Waals surface area contributed by atoms with Crippen LogP contribution in [0.25, 0.3) is 0 Å². The molecule has 1 atom stereocenters. The van der Waals surface area contributed by atoms with Crippen molar-refractivity contribution in [3.8, 4) is 0 Å². The second kappa shape index (κ2) is 5.50. The highest BCUT2D eigenvalue weighted by atomic mass is 19.1. The van der Waals surface area contributed by atoms with Crippen LogP contribution in [0, 0.1) is 25.5 Å². The third-order valence-corrected chi connectivity index (χ3v) is 3.13. The van der Waals surface area contributed by atoms with Gasteiger partial charge in [0.2, 0.25) is 0 Å². The molecule has 3 N–H and O–H groups in total. The quantitative estimate of drug-likeness (QED) is 0.661. The molecule has 102 valence electrons. The van der Waals surface area contributed by atoms with E-state index in [9.17, 15) is 8.78 Å². The molecule has 1 aromatic heterocycles. The molecule has 0 aliphatic heterocycles. The summed E-state index contributed by atoms with van der Waals surface area (Å²) in [5, 5.41) is 0. The minimum absolute atomic E-state index is 0.0173. The van der Waals surface area contributed by atoms with Crippen molar-refractivity contribution in [2.45, 2.75) is 26.3 Å². The van der Waals surface area contributed by atoms with E-state index in [1.807, 2.05) is 13.0 Å². The summed E-state index contributed by atoms with van der Waals surface area (Å²) in [6.07, 6.45) is 0.120. The molecule has 0 radical (unpaired) electrons. The van der Waals surface area contributed by atoms with Crippen LogP contribution in [0.2, 0.25) is 0 Å². The summed E-state index contributed by atoms with van der Waals surface area (Å²) in [7, 11) is 0. The Morgan fingerprint density at radius 2 is 1.89 bits per heavy atom. The van der Waals surface area contributed by atoms with Crippen molar-refractivity contribution < 1.29 is 13.2 Å². The molecule has 2 rings (SSSR count). The van der Waals surface area contributed by atoms with Gasteiger partial charge in [-0.05, 0) is 38.5 Å². The van der Waals surface area contributed by atoms with Gasteiger partial charge in [0.25, 0.3) is 0 Å². The van der Waals surface area contributed by atoms with Gasteiger partial charge in [0.05, 0.1) is 6.04 Å². The first-order valence-corrected chi connectivity index (χ1v) is 5.99. The van der Waals surface area contributed by atoms with Crippen molar-refractivity contribution in [2.75, 3.05) is 0 Å². The molecule has 0 spiro atoms. The molecule has 3 nitrogen and oxygen atoms in total. The number of hydrogen-bond donors (Lipinski definition) is 2. The lowest BCUT2D eigenvalue weighted by Crippen LogP contribution is -2.30. The van der Waals surface area contributed by atoms with Gasteiger partial charge in [0.1, 0.15) is 23.2 Å². The SMILES string of the molecule is Cc1cc(C(Cc2c(F)cccc2F)NN)c(C)o1. The van der Waals surface area contributed by atoms with Crippen LogP contribution in [0.4, 0.5) is 8.78 Å². The Morgan fingerprint density at radius 3 is 2.37 bits per heavy atom. The molecule has 1 unspecified atom stereocenters. The van der Waals surface area contributed by atoms with E-state index in [1.54, 1.807) is 6.92 Å². The third-order valence-electron chi connectivity index (χ3n) is 3.13. The Morgan fingerprint density at radius 1 is 1.26 bits per heavy atom. The number of rotatable bonds is 4. The fraction of sp³-hybridized carbons (Fsp3) is 0.286. The summed E-state index contributed by atoms with van der Waals surface area (Å²) < 4.78 is 32.7. The van der Waals surface area contributed by atoms with Crippen molar-refractivity contribution in [3.05, 3.63) is 58.5 Å². The van der Waals surface area contributed by atoms with Gasteiger partial charge in [-0.1, -0.05) is 6.07 Å². The zero-order valence-electron chi connectivity index (χ0n) is 10.8. The monoisotopic (exact) mass is 266 g/mol. The van der Waals surface area contributed by atoms with E-state index in [2.05, 4.69) is 5.43 Å². The number of furan rings is 1. The number of hydrazine groups is 1. The zero-order valence-corrected chi connectivity index (χ0v) is 10.8. The van der Waals surface area contributed by atoms with Gasteiger partial charge in [0.15, 0.2) is 0 Å². The van der Waals surface area contributed by atoms with Crippen molar-refractivity contribution in [3.63, 3.8) is 0 Å². The topological polar surface area (TPSA) is 51.2 Å². The van der Waals surface area contributed by atoms with E-state index in [0.29, 0.717) is 5.76 Å². The van der Waals surface area contributed by atoms with Gasteiger partial charge in [-0.25, -0.2) is 8.78 Å². The number of halogens is 2. The molecule has 0 amide bonds. The zero-order chi connectivity index (χ0) is 14.0. The van der Waals surface area contributed by atoms with E-state index in [1.165, 1.54) is 18.2 Å². The minimum Gasteiger partial charge on any atom is -0.466 e. The van der Waals surface area contributed by atoms with Gasteiger partial charge in [-0.2, -0.15) is 0 Å². The third kappa shape index (κ3) is 2.83. The van der Waals surface area contributed by atoms with Gasteiger partial charge in [-0.3, -0.25) is 11.3 Å². The van der Waals surface area contributed by atoms with Gasteiger partial charge in [-0.15, -0.1) is 0 Å². The first-order valence-electron chi connectivity index (χ1n) is 5.99. The van der Waals surface area contributed by atoms with Crippen LogP contribution >= 0.6 is 0 Å². The maximum absolute atomic E-state index is 13.6. The molecule has 0 saturated carbocycles. The second-order valence-electron chi connectivity index (χ2n) is 4.49. The van der Waals surface area contributed by atoms with Crippen LogP contribution in [0.15, 0.2) is 28.7 Å². The normalized spacial score (nSPS) is 12.7. The number of benzene rings is 1. The van der Waals surface area contributed by atoms with Crippen LogP contribution in [-0.4, -0.2) is 0 Å². The molecule has 1 heterocycles. The summed E-state index contributed by atoms with van der Waals surface area (Å²) in [5.41, 5.74) is 3.41. The Kier molecular flexibility index (Phi) is 3.97. The fourth-order valence-corrected chi connectivity index (χ4v) is 2.19. The van der Waals surface area contributed by atoms with Crippen molar-refractivity contribution in [2.24, 2.45) is 5.84 Å². The van der Waals surface area contributed by atoms with Gasteiger partial charge < -0.3 is 4.42 Å². The highest BCUT2D eigenvalue weighted by Crippen LogP contribution is 2.26. The maximum atomic E-state index is 13.6. The fourth-order valence-electron chi connectivity index (χ4n) is 2.19. The van der Waals surface area contributed by atoms with E-state index >= 15 is 0 Å². The average Bonchev–Trinajstić information content (AvgIpc) is 2.68. The second-order valence-corrected chi connectivity index (χ2v) is 4.49. The maximum Gasteiger partial charge on any atom is 0.129 e. The Hall–Kier alpha value is -1.72. The standard InChI is InChI=1S/C14H16F2N2O/c1-8-6-10(9(2)19-8)14(18-17)7-11-12(15)4-3-5-13(11)16/h3-6,14,18H,7,17H2,1-2H3. The average molecular weight is 266 g/mol. The van der Waals surface area contributed by atoms with Crippen LogP contribution in [0.3, 0.4) is 0 Å². The molecule has 5 heteroatoms. The predicted octanol–water partition coefficient (Wildman–Crippen LogP) is 2.92. The Labute approximate surface area is 110 Å². The van der Waals surface area contributed by atoms with Crippen molar-refractivity contribution in [1.29, 1.82) is 0 Å². The van der Waals surface area contributed by atoms with E-state index < -0.39 is 17.7 Å². The number of aryl methyl sites for hydroxylation is 2. The lowest BCUT2D eigenvalue weighted by atomic mass is 9.99. The largest absolute Gasteiger partial charge is 0.466 e. The van der Waals surface area contributed by atoms with E-state index in [-0.39, 0.29) is 12.0 Å². The summed E-state index contributed by atoms with van der Waals surface area (Å²) >= 11 is 0. The molecule has 0 fully saturated rings. The summed E-state index contributed by atoms with van der Waals surface area (Å²) in [6.45, 7) is 3.61. The van der Waals surface area contributed by atoms with Crippen molar-refractivity contribution >= 4 is 0 Å². The number of nitrogens with one attached hydrogen (secondary N) is 1. The highest BCUT2D eigenvalue weighted by Gasteiger charge is 2.20. The molecule has 0 bridgehead atoms. The first-order chi connectivity index (χ1) is 9.02. The highest BCUT2D eigenvalue weighted by molar-refractivity contribution is 5.28. The Balaban J connectivity index is 2.32. The first kappa shape index (κ1) is 13.7. The van der Waals surface area contributed by atoms with Gasteiger partial charge in [0, 0.05) is 11.1 Å². The molecule has 1 aromatic carbocycles. The summed E-state index contributed by atoms with van der Waals surface area (Å²) in [5.74, 6) is 5.78. The lowest BCUT2D eigenvalue weighted by molar-refractivity contribution is 0.473. The van der Waals surface area contributed by atoms with E-state index in [4.69, 9.17) is 10.3 Å². The molecule has 0 saturated heterocycles. The van der Waals surface area contributed by atoms with Crippen LogP contribution in [0.5, 0.6) is 0 Å². The number of nitrogens with two attached hydrogens (primary N) is 1. The Bertz CT molecular complexity index is 561. The molecule has 0 aliphatic rings. The van der Waals surface area contributed by atoms with Crippen LogP contribution < -0.4 is 11.3 Å².